The molecule has 0 spiro atoms. The van der Waals surface area contributed by atoms with Crippen LogP contribution in [-0.2, 0) is 5.60 Å². The first-order valence-electron chi connectivity index (χ1n) is 12.0. The molecule has 1 aliphatic rings. The van der Waals surface area contributed by atoms with Gasteiger partial charge in [-0.2, -0.15) is 5.26 Å². The Kier molecular flexibility index (Phi) is 11.3. The Labute approximate surface area is 223 Å². The van der Waals surface area contributed by atoms with Crippen molar-refractivity contribution in [3.63, 3.8) is 0 Å². The molecule has 0 amide bonds. The van der Waals surface area contributed by atoms with E-state index < -0.39 is 11.6 Å². The molecule has 3 aromatic rings. The van der Waals surface area contributed by atoms with Crippen molar-refractivity contribution in [2.75, 3.05) is 37.6 Å². The average molecular weight is 525 g/mol. The van der Waals surface area contributed by atoms with Crippen LogP contribution in [-0.4, -0.2) is 63.9 Å². The Hall–Kier alpha value is -3.64. The van der Waals surface area contributed by atoms with Crippen LogP contribution in [0.2, 0.25) is 5.02 Å². The minimum absolute atomic E-state index is 0.0791. The zero-order valence-corrected chi connectivity index (χ0v) is 22.1. The highest BCUT2D eigenvalue weighted by atomic mass is 35.5. The van der Waals surface area contributed by atoms with E-state index in [-0.39, 0.29) is 11.3 Å². The molecule has 1 atom stereocenters. The smallest absolute Gasteiger partial charge is 0.337 e. The third-order valence-electron chi connectivity index (χ3n) is 5.64. The van der Waals surface area contributed by atoms with Crippen molar-refractivity contribution in [2.45, 2.75) is 26.4 Å². The van der Waals surface area contributed by atoms with E-state index in [0.29, 0.717) is 49.7 Å². The predicted octanol–water partition coefficient (Wildman–Crippen LogP) is 4.75. The van der Waals surface area contributed by atoms with Gasteiger partial charge >= 0.3 is 5.97 Å². The van der Waals surface area contributed by atoms with Crippen LogP contribution in [0.4, 0.5) is 5.69 Å². The predicted molar refractivity (Wildman–Crippen MR) is 145 cm³/mol. The van der Waals surface area contributed by atoms with E-state index in [4.69, 9.17) is 22.0 Å². The van der Waals surface area contributed by atoms with E-state index in [1.807, 2.05) is 55.1 Å². The number of aromatic nitrogens is 1. The topological polar surface area (TPSA) is 121 Å². The van der Waals surface area contributed by atoms with Crippen LogP contribution in [0, 0.1) is 11.3 Å². The Morgan fingerprint density at radius 3 is 2.19 bits per heavy atom. The van der Waals surface area contributed by atoms with E-state index in [1.165, 1.54) is 24.4 Å². The molecule has 1 fully saturated rings. The molecular formula is C28H33ClN4O4. The fraction of sp³-hybridized carbons (Fsp3) is 0.321. The lowest BCUT2D eigenvalue weighted by Gasteiger charge is -2.39. The van der Waals surface area contributed by atoms with Gasteiger partial charge in [-0.1, -0.05) is 43.6 Å². The number of piperazine rings is 1. The first-order valence-corrected chi connectivity index (χ1v) is 12.4. The molecule has 2 aromatic carbocycles. The van der Waals surface area contributed by atoms with Crippen molar-refractivity contribution in [3.05, 3.63) is 88.7 Å². The van der Waals surface area contributed by atoms with Gasteiger partial charge in [0, 0.05) is 43.9 Å². The number of pyridine rings is 1. The van der Waals surface area contributed by atoms with Crippen molar-refractivity contribution < 1.29 is 20.1 Å². The number of hydrogen-bond acceptors (Lipinski definition) is 7. The Morgan fingerprint density at radius 2 is 1.73 bits per heavy atom. The molecule has 2 heterocycles. The van der Waals surface area contributed by atoms with Crippen molar-refractivity contribution in [1.29, 1.82) is 5.26 Å². The Morgan fingerprint density at radius 1 is 1.08 bits per heavy atom. The number of β-amino-alcohol motifs (C(OH)–C–C–N with tert-alkyl or cyclic N) is 1. The summed E-state index contributed by atoms with van der Waals surface area (Å²) in [5.74, 6) is -0.969. The second kappa shape index (κ2) is 14.2. The number of halogens is 1. The summed E-state index contributed by atoms with van der Waals surface area (Å²) >= 11 is 5.54. The maximum atomic E-state index is 10.9. The SMILES string of the molecule is CC.C[C@@](O)(CN1CCN(c2ccc(C#N)cc2O)CC1)c1ccc(C(=O)O)cn1.Clc1ccccc1. The maximum Gasteiger partial charge on any atom is 0.337 e. The number of phenols is 1. The standard InChI is InChI=1S/C20H22N4O4.C6H5Cl.C2H6/c1-20(28,18-5-3-15(12-22-18)19(26)27)13-23-6-8-24(9-7-23)16-4-2-14(11-21)10-17(16)25;7-6-4-2-1-3-5-6;1-2/h2-5,10,12,25,28H,6-9,13H2,1H3,(H,26,27);1-5H;1-2H3/t20-;;/m1../s1. The van der Waals surface area contributed by atoms with Gasteiger partial charge in [0.05, 0.1) is 28.6 Å². The van der Waals surface area contributed by atoms with Gasteiger partial charge in [0.15, 0.2) is 0 Å². The van der Waals surface area contributed by atoms with Crippen molar-refractivity contribution in [2.24, 2.45) is 0 Å². The average Bonchev–Trinajstić information content (AvgIpc) is 2.91. The number of phenolic OH excluding ortho intramolecular Hbond substituents is 1. The molecule has 0 bridgehead atoms. The van der Waals surface area contributed by atoms with Crippen LogP contribution < -0.4 is 4.90 Å². The number of carboxylic acid groups (broad SMARTS) is 1. The first-order chi connectivity index (χ1) is 17.7. The number of benzene rings is 2. The van der Waals surface area contributed by atoms with Crippen molar-refractivity contribution >= 4 is 23.3 Å². The van der Waals surface area contributed by atoms with Gasteiger partial charge in [-0.3, -0.25) is 9.88 Å². The Balaban J connectivity index is 0.000000455. The van der Waals surface area contributed by atoms with E-state index in [0.717, 1.165) is 5.02 Å². The molecule has 1 saturated heterocycles. The van der Waals surface area contributed by atoms with Crippen LogP contribution >= 0.6 is 11.6 Å². The van der Waals surface area contributed by atoms with Gasteiger partial charge in [0.2, 0.25) is 0 Å². The molecule has 3 N–H and O–H groups in total. The van der Waals surface area contributed by atoms with Gasteiger partial charge < -0.3 is 20.2 Å². The second-order valence-electron chi connectivity index (χ2n) is 8.39. The summed E-state index contributed by atoms with van der Waals surface area (Å²) < 4.78 is 0. The fourth-order valence-electron chi connectivity index (χ4n) is 3.78. The highest BCUT2D eigenvalue weighted by Gasteiger charge is 2.30. The lowest BCUT2D eigenvalue weighted by Crippen LogP contribution is -2.50. The molecular weight excluding hydrogens is 492 g/mol. The fourth-order valence-corrected chi connectivity index (χ4v) is 3.92. The van der Waals surface area contributed by atoms with Gasteiger partial charge in [-0.25, -0.2) is 4.79 Å². The minimum Gasteiger partial charge on any atom is -0.506 e. The largest absolute Gasteiger partial charge is 0.506 e. The summed E-state index contributed by atoms with van der Waals surface area (Å²) in [6.45, 7) is 8.72. The van der Waals surface area contributed by atoms with Crippen molar-refractivity contribution in [1.82, 2.24) is 9.88 Å². The molecule has 9 heteroatoms. The maximum absolute atomic E-state index is 10.9. The van der Waals surface area contributed by atoms with Crippen molar-refractivity contribution in [3.8, 4) is 11.8 Å². The number of anilines is 1. The molecule has 1 aromatic heterocycles. The Bertz CT molecular complexity index is 1170. The highest BCUT2D eigenvalue weighted by molar-refractivity contribution is 6.30. The summed E-state index contributed by atoms with van der Waals surface area (Å²) in [5.41, 5.74) is 0.393. The molecule has 196 valence electrons. The number of rotatable bonds is 5. The lowest BCUT2D eigenvalue weighted by molar-refractivity contribution is 0.0106. The number of hydrogen-bond donors (Lipinski definition) is 3. The summed E-state index contributed by atoms with van der Waals surface area (Å²) in [5, 5.41) is 39.6. The first kappa shape index (κ1) is 29.6. The molecule has 0 radical (unpaired) electrons. The zero-order chi connectivity index (χ0) is 27.4. The summed E-state index contributed by atoms with van der Waals surface area (Å²) in [7, 11) is 0. The number of aliphatic hydroxyl groups is 1. The van der Waals surface area contributed by atoms with Crippen LogP contribution in [0.1, 0.15) is 42.4 Å². The summed E-state index contributed by atoms with van der Waals surface area (Å²) in [4.78, 5) is 19.2. The van der Waals surface area contributed by atoms with Gasteiger partial charge in [0.1, 0.15) is 11.4 Å². The van der Waals surface area contributed by atoms with E-state index in [2.05, 4.69) is 9.88 Å². The lowest BCUT2D eigenvalue weighted by atomic mass is 10.00. The third-order valence-corrected chi connectivity index (χ3v) is 5.90. The monoisotopic (exact) mass is 524 g/mol. The van der Waals surface area contributed by atoms with Crippen LogP contribution in [0.5, 0.6) is 5.75 Å². The molecule has 4 rings (SSSR count). The number of nitrogens with zero attached hydrogens (tertiary/aromatic N) is 4. The molecule has 0 saturated carbocycles. The molecule has 37 heavy (non-hydrogen) atoms. The van der Waals surface area contributed by atoms with E-state index in [9.17, 15) is 15.0 Å². The molecule has 1 aliphatic heterocycles. The van der Waals surface area contributed by atoms with Crippen LogP contribution in [0.15, 0.2) is 66.9 Å². The quantitative estimate of drug-likeness (QED) is 0.437. The minimum atomic E-state index is -1.21. The normalized spacial score (nSPS) is 14.6. The number of carbonyl (C=O) groups is 1. The number of carboxylic acids is 1. The van der Waals surface area contributed by atoms with Crippen LogP contribution in [0.25, 0.3) is 0 Å². The third kappa shape index (κ3) is 8.76. The molecule has 8 nitrogen and oxygen atoms in total. The summed E-state index contributed by atoms with van der Waals surface area (Å²) in [6, 6.07) is 19.3. The van der Waals surface area contributed by atoms with Gasteiger partial charge in [-0.15, -0.1) is 0 Å². The van der Waals surface area contributed by atoms with E-state index in [1.54, 1.807) is 19.1 Å². The number of aromatic hydroxyl groups is 1. The van der Waals surface area contributed by atoms with E-state index >= 15 is 0 Å². The number of nitriles is 1. The van der Waals surface area contributed by atoms with Crippen LogP contribution in [0.3, 0.4) is 0 Å². The molecule has 0 aliphatic carbocycles. The summed E-state index contributed by atoms with van der Waals surface area (Å²) in [6.07, 6.45) is 1.25. The zero-order valence-electron chi connectivity index (χ0n) is 21.3. The molecule has 0 unspecified atom stereocenters. The van der Waals surface area contributed by atoms with Gasteiger partial charge in [0.25, 0.3) is 0 Å². The highest BCUT2D eigenvalue weighted by Crippen LogP contribution is 2.29. The second-order valence-corrected chi connectivity index (χ2v) is 8.82. The van der Waals surface area contributed by atoms with Gasteiger partial charge in [-0.05, 0) is 49.4 Å². The number of aromatic carboxylic acids is 1.